The van der Waals surface area contributed by atoms with Gasteiger partial charge in [-0.05, 0) is 18.6 Å². The van der Waals surface area contributed by atoms with Gasteiger partial charge in [-0.25, -0.2) is 22.9 Å². The molecule has 0 amide bonds. The van der Waals surface area contributed by atoms with Crippen molar-refractivity contribution in [2.24, 2.45) is 10.9 Å². The molecule has 1 saturated heterocycles. The SMILES string of the molecule is COC(=O)C1=C(CN2CC(F)(F)CC2CC(C)C(=O)O)NC(c2nccs2)=N[C@H]1c1ccc(F)cc1Cl. The lowest BCUT2D eigenvalue weighted by molar-refractivity contribution is -0.141. The van der Waals surface area contributed by atoms with Gasteiger partial charge in [0.2, 0.25) is 0 Å². The summed E-state index contributed by atoms with van der Waals surface area (Å²) in [6.45, 7) is 0.709. The molecule has 0 aliphatic carbocycles. The van der Waals surface area contributed by atoms with Gasteiger partial charge in [-0.15, -0.1) is 11.3 Å². The van der Waals surface area contributed by atoms with Crippen LogP contribution in [0.25, 0.3) is 0 Å². The van der Waals surface area contributed by atoms with E-state index in [1.807, 2.05) is 0 Å². The molecule has 37 heavy (non-hydrogen) atoms. The lowest BCUT2D eigenvalue weighted by Gasteiger charge is -2.31. The molecule has 1 fully saturated rings. The molecular weight excluding hydrogens is 533 g/mol. The number of nitrogens with one attached hydrogen (secondary N) is 1. The van der Waals surface area contributed by atoms with Crippen molar-refractivity contribution in [2.45, 2.75) is 37.8 Å². The molecule has 0 radical (unpaired) electrons. The van der Waals surface area contributed by atoms with E-state index in [1.54, 1.807) is 11.6 Å². The zero-order chi connectivity index (χ0) is 26.9. The van der Waals surface area contributed by atoms with Gasteiger partial charge in [0.1, 0.15) is 11.9 Å². The highest BCUT2D eigenvalue weighted by Gasteiger charge is 2.46. The number of ether oxygens (including phenoxy) is 1. The van der Waals surface area contributed by atoms with Gasteiger partial charge < -0.3 is 15.2 Å². The highest BCUT2D eigenvalue weighted by molar-refractivity contribution is 7.11. The minimum absolute atomic E-state index is 0.00636. The molecular formula is C24H24ClF3N4O4S. The van der Waals surface area contributed by atoms with E-state index in [1.165, 1.54) is 42.4 Å². The van der Waals surface area contributed by atoms with E-state index in [4.69, 9.17) is 16.3 Å². The predicted molar refractivity (Wildman–Crippen MR) is 131 cm³/mol. The Hall–Kier alpha value is -2.96. The van der Waals surface area contributed by atoms with Crippen molar-refractivity contribution in [3.05, 3.63) is 62.5 Å². The monoisotopic (exact) mass is 556 g/mol. The second kappa shape index (κ2) is 10.8. The standard InChI is InChI=1S/C24H24ClF3N4O4S/c1-12(22(33)34)7-14-9-24(27,28)11-32(14)10-17-18(23(35)36-2)19(15-4-3-13(26)8-16(15)25)31-20(30-17)21-29-5-6-37-21/h3-6,8,12,14,19H,7,9-11H2,1-2H3,(H,30,31)(H,33,34)/t12?,14?,19-/m0/s1. The smallest absolute Gasteiger partial charge is 0.338 e. The third-order valence-corrected chi connectivity index (χ3v) is 7.42. The predicted octanol–water partition coefficient (Wildman–Crippen LogP) is 4.27. The molecule has 0 bridgehead atoms. The van der Waals surface area contributed by atoms with Crippen LogP contribution in [0.3, 0.4) is 0 Å². The molecule has 1 aromatic heterocycles. The fraction of sp³-hybridized carbons (Fsp3) is 0.417. The number of likely N-dealkylation sites (tertiary alicyclic amines) is 1. The molecule has 0 spiro atoms. The van der Waals surface area contributed by atoms with Crippen LogP contribution in [0.5, 0.6) is 0 Å². The van der Waals surface area contributed by atoms with Crippen LogP contribution in [0, 0.1) is 11.7 Å². The molecule has 2 N–H and O–H groups in total. The Kier molecular flexibility index (Phi) is 7.91. The third kappa shape index (κ3) is 5.97. The summed E-state index contributed by atoms with van der Waals surface area (Å²) in [5.41, 5.74) is 0.582. The summed E-state index contributed by atoms with van der Waals surface area (Å²) in [5.74, 6) is -6.02. The number of carboxylic acid groups (broad SMARTS) is 1. The molecule has 198 valence electrons. The van der Waals surface area contributed by atoms with Gasteiger partial charge in [-0.2, -0.15) is 0 Å². The summed E-state index contributed by atoms with van der Waals surface area (Å²) < 4.78 is 47.8. The fourth-order valence-corrected chi connectivity index (χ4v) is 5.42. The number of rotatable bonds is 8. The van der Waals surface area contributed by atoms with Crippen LogP contribution in [0.15, 0.2) is 46.0 Å². The maximum Gasteiger partial charge on any atom is 0.338 e. The van der Waals surface area contributed by atoms with Gasteiger partial charge in [-0.1, -0.05) is 24.6 Å². The molecule has 0 saturated carbocycles. The summed E-state index contributed by atoms with van der Waals surface area (Å²) in [6, 6.07) is 1.90. The molecule has 2 aliphatic heterocycles. The first-order valence-corrected chi connectivity index (χ1v) is 12.6. The van der Waals surface area contributed by atoms with Gasteiger partial charge in [0.25, 0.3) is 5.92 Å². The summed E-state index contributed by atoms with van der Waals surface area (Å²) in [4.78, 5) is 34.8. The molecule has 1 aromatic carbocycles. The number of aliphatic carboxylic acids is 1. The lowest BCUT2D eigenvalue weighted by Crippen LogP contribution is -2.42. The zero-order valence-electron chi connectivity index (χ0n) is 19.9. The van der Waals surface area contributed by atoms with Gasteiger partial charge >= 0.3 is 11.9 Å². The van der Waals surface area contributed by atoms with Crippen LogP contribution >= 0.6 is 22.9 Å². The summed E-state index contributed by atoms with van der Waals surface area (Å²) in [7, 11) is 1.18. The Morgan fingerprint density at radius 2 is 2.16 bits per heavy atom. The van der Waals surface area contributed by atoms with Gasteiger partial charge in [-0.3, -0.25) is 14.7 Å². The summed E-state index contributed by atoms with van der Waals surface area (Å²) in [6.07, 6.45) is 1.06. The first kappa shape index (κ1) is 27.1. The number of alkyl halides is 2. The molecule has 3 atom stereocenters. The Bertz CT molecular complexity index is 1250. The van der Waals surface area contributed by atoms with Gasteiger partial charge in [0, 0.05) is 46.9 Å². The number of esters is 1. The van der Waals surface area contributed by atoms with E-state index in [9.17, 15) is 27.9 Å². The number of carbonyl (C=O) groups excluding carboxylic acids is 1. The van der Waals surface area contributed by atoms with Crippen molar-refractivity contribution in [2.75, 3.05) is 20.2 Å². The highest BCUT2D eigenvalue weighted by Crippen LogP contribution is 2.39. The number of hydrogen-bond acceptors (Lipinski definition) is 8. The number of carboxylic acids is 1. The van der Waals surface area contributed by atoms with Crippen molar-refractivity contribution < 1.29 is 32.6 Å². The first-order chi connectivity index (χ1) is 17.5. The van der Waals surface area contributed by atoms with Crippen LogP contribution in [0.1, 0.15) is 36.4 Å². The van der Waals surface area contributed by atoms with Crippen LogP contribution < -0.4 is 5.32 Å². The minimum atomic E-state index is -3.03. The maximum atomic E-state index is 14.5. The maximum absolute atomic E-state index is 14.5. The summed E-state index contributed by atoms with van der Waals surface area (Å²) in [5, 5.41) is 14.6. The average Bonchev–Trinajstić information content (AvgIpc) is 3.46. The largest absolute Gasteiger partial charge is 0.481 e. The van der Waals surface area contributed by atoms with Crippen molar-refractivity contribution in [3.63, 3.8) is 0 Å². The van der Waals surface area contributed by atoms with Crippen molar-refractivity contribution in [1.82, 2.24) is 15.2 Å². The summed E-state index contributed by atoms with van der Waals surface area (Å²) >= 11 is 7.60. The van der Waals surface area contributed by atoms with E-state index in [0.29, 0.717) is 10.6 Å². The number of benzene rings is 1. The van der Waals surface area contributed by atoms with Gasteiger partial charge in [0.15, 0.2) is 10.8 Å². The van der Waals surface area contributed by atoms with E-state index < -0.39 is 54.6 Å². The van der Waals surface area contributed by atoms with Crippen LogP contribution in [0.4, 0.5) is 13.2 Å². The molecule has 13 heteroatoms. The van der Waals surface area contributed by atoms with Crippen molar-refractivity contribution in [3.8, 4) is 0 Å². The number of carbonyl (C=O) groups is 2. The Morgan fingerprint density at radius 3 is 2.78 bits per heavy atom. The second-order valence-electron chi connectivity index (χ2n) is 8.99. The average molecular weight is 557 g/mol. The fourth-order valence-electron chi connectivity index (χ4n) is 4.56. The molecule has 3 heterocycles. The lowest BCUT2D eigenvalue weighted by atomic mass is 9.94. The molecule has 4 rings (SSSR count). The number of methoxy groups -OCH3 is 1. The number of amidine groups is 1. The number of aromatic nitrogens is 1. The van der Waals surface area contributed by atoms with Crippen LogP contribution in [-0.4, -0.2) is 64.9 Å². The normalized spacial score (nSPS) is 22.4. The number of thiazole rings is 1. The second-order valence-corrected chi connectivity index (χ2v) is 10.3. The number of halogens is 4. The Balaban J connectivity index is 1.79. The topological polar surface area (TPSA) is 104 Å². The quantitative estimate of drug-likeness (QED) is 0.468. The molecule has 8 nitrogen and oxygen atoms in total. The van der Waals surface area contributed by atoms with E-state index >= 15 is 0 Å². The molecule has 2 unspecified atom stereocenters. The van der Waals surface area contributed by atoms with E-state index in [0.717, 1.165) is 6.07 Å². The minimum Gasteiger partial charge on any atom is -0.481 e. The highest BCUT2D eigenvalue weighted by atomic mass is 35.5. The van der Waals surface area contributed by atoms with E-state index in [-0.39, 0.29) is 35.1 Å². The Labute approximate surface area is 219 Å². The Morgan fingerprint density at radius 1 is 1.41 bits per heavy atom. The number of hydrogen-bond donors (Lipinski definition) is 2. The number of aliphatic imine (C=N–C) groups is 1. The van der Waals surface area contributed by atoms with Crippen LogP contribution in [-0.2, 0) is 14.3 Å². The number of nitrogens with zero attached hydrogens (tertiary/aromatic N) is 3. The van der Waals surface area contributed by atoms with Crippen molar-refractivity contribution in [1.29, 1.82) is 0 Å². The molecule has 2 aromatic rings. The van der Waals surface area contributed by atoms with E-state index in [2.05, 4.69) is 15.3 Å². The molecule has 2 aliphatic rings. The van der Waals surface area contributed by atoms with Crippen LogP contribution in [0.2, 0.25) is 5.02 Å². The third-order valence-electron chi connectivity index (χ3n) is 6.32. The first-order valence-electron chi connectivity index (χ1n) is 11.3. The van der Waals surface area contributed by atoms with Crippen molar-refractivity contribution >= 4 is 40.7 Å². The zero-order valence-corrected chi connectivity index (χ0v) is 21.5. The van der Waals surface area contributed by atoms with Gasteiger partial charge in [0.05, 0.1) is 25.1 Å².